The van der Waals surface area contributed by atoms with E-state index in [0.717, 1.165) is 16.1 Å². The number of rotatable bonds is 8. The van der Waals surface area contributed by atoms with Gasteiger partial charge in [0, 0.05) is 13.1 Å². The van der Waals surface area contributed by atoms with E-state index in [1.54, 1.807) is 13.8 Å². The van der Waals surface area contributed by atoms with Crippen LogP contribution in [0.1, 0.15) is 29.9 Å². The lowest BCUT2D eigenvalue weighted by Gasteiger charge is -2.19. The molecule has 0 saturated carbocycles. The largest absolute Gasteiger partial charge is 0.496 e. The fourth-order valence-corrected chi connectivity index (χ4v) is 5.66. The van der Waals surface area contributed by atoms with E-state index in [0.29, 0.717) is 18.2 Å². The maximum absolute atomic E-state index is 13.0. The van der Waals surface area contributed by atoms with Crippen LogP contribution in [0.3, 0.4) is 0 Å². The quantitative estimate of drug-likeness (QED) is 0.539. The van der Waals surface area contributed by atoms with E-state index in [2.05, 4.69) is 10.3 Å². The van der Waals surface area contributed by atoms with E-state index < -0.39 is 15.9 Å². The molecule has 1 heterocycles. The van der Waals surface area contributed by atoms with Crippen molar-refractivity contribution in [3.8, 4) is 16.2 Å². The molecule has 3 rings (SSSR count). The predicted molar refractivity (Wildman–Crippen MR) is 123 cm³/mol. The summed E-state index contributed by atoms with van der Waals surface area (Å²) in [7, 11) is -2.27. The number of carbonyl (C=O) groups is 1. The van der Waals surface area contributed by atoms with Gasteiger partial charge in [0.1, 0.15) is 5.75 Å². The Bertz CT molecular complexity index is 1170. The number of thiazole rings is 1. The Morgan fingerprint density at radius 3 is 2.42 bits per heavy atom. The molecule has 7 nitrogen and oxygen atoms in total. The number of ether oxygens (including phenoxy) is 1. The van der Waals surface area contributed by atoms with Crippen molar-refractivity contribution < 1.29 is 17.9 Å². The van der Waals surface area contributed by atoms with Crippen LogP contribution in [0, 0.1) is 6.92 Å². The van der Waals surface area contributed by atoms with E-state index in [1.807, 2.05) is 37.3 Å². The third-order valence-corrected chi connectivity index (χ3v) is 7.98. The highest BCUT2D eigenvalue weighted by atomic mass is 32.2. The van der Waals surface area contributed by atoms with Gasteiger partial charge < -0.3 is 4.74 Å². The number of sulfonamides is 1. The molecule has 0 atom stereocenters. The Balaban J connectivity index is 1.93. The summed E-state index contributed by atoms with van der Waals surface area (Å²) in [5, 5.41) is 3.21. The van der Waals surface area contributed by atoms with Crippen molar-refractivity contribution in [3.63, 3.8) is 0 Å². The van der Waals surface area contributed by atoms with Gasteiger partial charge >= 0.3 is 0 Å². The Hall–Kier alpha value is -2.75. The van der Waals surface area contributed by atoms with E-state index in [9.17, 15) is 13.2 Å². The van der Waals surface area contributed by atoms with Gasteiger partial charge in [0.25, 0.3) is 5.91 Å². The van der Waals surface area contributed by atoms with Crippen molar-refractivity contribution in [1.82, 2.24) is 9.29 Å². The van der Waals surface area contributed by atoms with Gasteiger partial charge in [-0.05, 0) is 30.7 Å². The zero-order valence-electron chi connectivity index (χ0n) is 17.9. The summed E-state index contributed by atoms with van der Waals surface area (Å²) in [6.07, 6.45) is 0. The van der Waals surface area contributed by atoms with Crippen LogP contribution in [0.25, 0.3) is 10.4 Å². The van der Waals surface area contributed by atoms with Gasteiger partial charge in [-0.25, -0.2) is 13.4 Å². The van der Waals surface area contributed by atoms with Crippen molar-refractivity contribution in [2.45, 2.75) is 25.7 Å². The van der Waals surface area contributed by atoms with Crippen molar-refractivity contribution >= 4 is 32.4 Å². The minimum atomic E-state index is -3.71. The second-order valence-corrected chi connectivity index (χ2v) is 9.64. The van der Waals surface area contributed by atoms with Crippen LogP contribution < -0.4 is 10.1 Å². The molecule has 0 spiro atoms. The van der Waals surface area contributed by atoms with Gasteiger partial charge in [-0.3, -0.25) is 10.1 Å². The first-order valence-electron chi connectivity index (χ1n) is 9.84. The third kappa shape index (κ3) is 4.79. The maximum Gasteiger partial charge on any atom is 0.261 e. The molecule has 0 fully saturated rings. The first-order valence-corrected chi connectivity index (χ1v) is 12.1. The zero-order valence-corrected chi connectivity index (χ0v) is 19.5. The van der Waals surface area contributed by atoms with Crippen LogP contribution in [0.2, 0.25) is 0 Å². The molecule has 1 N–H and O–H groups in total. The van der Waals surface area contributed by atoms with E-state index in [-0.39, 0.29) is 16.2 Å². The van der Waals surface area contributed by atoms with Gasteiger partial charge in [0.05, 0.1) is 28.1 Å². The van der Waals surface area contributed by atoms with Gasteiger partial charge in [0.15, 0.2) is 5.13 Å². The Morgan fingerprint density at radius 1 is 1.13 bits per heavy atom. The average molecular weight is 460 g/mol. The van der Waals surface area contributed by atoms with Gasteiger partial charge in [-0.2, -0.15) is 4.31 Å². The summed E-state index contributed by atoms with van der Waals surface area (Å²) in [4.78, 5) is 18.5. The molecule has 1 amide bonds. The summed E-state index contributed by atoms with van der Waals surface area (Å²) in [6.45, 7) is 6.10. The summed E-state index contributed by atoms with van der Waals surface area (Å²) < 4.78 is 32.4. The van der Waals surface area contributed by atoms with E-state index >= 15 is 0 Å². The lowest BCUT2D eigenvalue weighted by Crippen LogP contribution is -2.30. The molecular formula is C22H25N3O4S2. The molecule has 164 valence electrons. The summed E-state index contributed by atoms with van der Waals surface area (Å²) >= 11 is 1.36. The molecule has 0 aliphatic rings. The number of methoxy groups -OCH3 is 1. The SMILES string of the molecule is CCN(CC)S(=O)(=O)c1ccc(OC)c(C(=O)Nc2nc(C)c(-c3ccccc3)s2)c1. The van der Waals surface area contributed by atoms with Crippen molar-refractivity contribution in [1.29, 1.82) is 0 Å². The second-order valence-electron chi connectivity index (χ2n) is 6.71. The van der Waals surface area contributed by atoms with Gasteiger partial charge in [0.2, 0.25) is 10.0 Å². The summed E-state index contributed by atoms with van der Waals surface area (Å²) in [5.41, 5.74) is 1.95. The number of nitrogens with zero attached hydrogens (tertiary/aromatic N) is 2. The van der Waals surface area contributed by atoms with Crippen LogP contribution >= 0.6 is 11.3 Å². The number of aryl methyl sites for hydroxylation is 1. The average Bonchev–Trinajstić information content (AvgIpc) is 3.14. The molecule has 0 radical (unpaired) electrons. The fourth-order valence-electron chi connectivity index (χ4n) is 3.21. The van der Waals surface area contributed by atoms with Crippen molar-refractivity contribution in [2.75, 3.05) is 25.5 Å². The fraction of sp³-hybridized carbons (Fsp3) is 0.273. The van der Waals surface area contributed by atoms with Crippen LogP contribution in [0.15, 0.2) is 53.4 Å². The third-order valence-electron chi connectivity index (χ3n) is 4.81. The molecule has 1 aromatic heterocycles. The first kappa shape index (κ1) is 22.9. The summed E-state index contributed by atoms with van der Waals surface area (Å²) in [6, 6.07) is 14.1. The highest BCUT2D eigenvalue weighted by Crippen LogP contribution is 2.33. The standard InChI is InChI=1S/C22H25N3O4S2/c1-5-25(6-2)31(27,28)17-12-13-19(29-4)18(14-17)21(26)24-22-23-15(3)20(30-22)16-10-8-7-9-11-16/h7-14H,5-6H2,1-4H3,(H,23,24,26). The molecule has 0 aliphatic heterocycles. The smallest absolute Gasteiger partial charge is 0.261 e. The topological polar surface area (TPSA) is 88.6 Å². The Labute approximate surface area is 186 Å². The number of hydrogen-bond acceptors (Lipinski definition) is 6. The Morgan fingerprint density at radius 2 is 1.81 bits per heavy atom. The number of amides is 1. The van der Waals surface area contributed by atoms with Crippen LogP contribution in [0.5, 0.6) is 5.75 Å². The van der Waals surface area contributed by atoms with Gasteiger partial charge in [-0.15, -0.1) is 0 Å². The molecule has 0 saturated heterocycles. The molecule has 0 unspecified atom stereocenters. The molecule has 0 aliphatic carbocycles. The lowest BCUT2D eigenvalue weighted by molar-refractivity contribution is 0.102. The normalized spacial score (nSPS) is 11.5. The summed E-state index contributed by atoms with van der Waals surface area (Å²) in [5.74, 6) is -0.200. The molecule has 3 aromatic rings. The highest BCUT2D eigenvalue weighted by molar-refractivity contribution is 7.89. The van der Waals surface area contributed by atoms with Crippen LogP contribution in [-0.4, -0.2) is 43.8 Å². The van der Waals surface area contributed by atoms with Crippen molar-refractivity contribution in [2.24, 2.45) is 0 Å². The molecule has 31 heavy (non-hydrogen) atoms. The first-order chi connectivity index (χ1) is 14.8. The lowest BCUT2D eigenvalue weighted by atomic mass is 10.2. The predicted octanol–water partition coefficient (Wildman–Crippen LogP) is 4.41. The monoisotopic (exact) mass is 459 g/mol. The van der Waals surface area contributed by atoms with E-state index in [4.69, 9.17) is 4.74 Å². The number of aromatic nitrogens is 1. The van der Waals surface area contributed by atoms with E-state index in [1.165, 1.54) is 41.0 Å². The number of nitrogens with one attached hydrogen (secondary N) is 1. The molecule has 2 aromatic carbocycles. The van der Waals surface area contributed by atoms with Gasteiger partial charge in [-0.1, -0.05) is 55.5 Å². The number of benzene rings is 2. The Kier molecular flexibility index (Phi) is 7.09. The molecule has 0 bridgehead atoms. The number of hydrogen-bond donors (Lipinski definition) is 1. The zero-order chi connectivity index (χ0) is 22.6. The van der Waals surface area contributed by atoms with Crippen LogP contribution in [-0.2, 0) is 10.0 Å². The maximum atomic E-state index is 13.0. The number of carbonyl (C=O) groups excluding carboxylic acids is 1. The number of anilines is 1. The van der Waals surface area contributed by atoms with Crippen LogP contribution in [0.4, 0.5) is 5.13 Å². The molecule has 9 heteroatoms. The highest BCUT2D eigenvalue weighted by Gasteiger charge is 2.25. The molecular weight excluding hydrogens is 434 g/mol. The minimum Gasteiger partial charge on any atom is -0.496 e. The minimum absolute atomic E-state index is 0.0439. The second kappa shape index (κ2) is 9.59. The van der Waals surface area contributed by atoms with Crippen molar-refractivity contribution in [3.05, 3.63) is 59.8 Å².